The summed E-state index contributed by atoms with van der Waals surface area (Å²) in [6.07, 6.45) is 18.7. The summed E-state index contributed by atoms with van der Waals surface area (Å²) in [5.74, 6) is 3.31. The van der Waals surface area contributed by atoms with Gasteiger partial charge in [-0.3, -0.25) is 9.79 Å². The number of hydrogen-bond acceptors (Lipinski definition) is 3. The number of piperidine rings is 1. The van der Waals surface area contributed by atoms with Gasteiger partial charge in [0.1, 0.15) is 6.54 Å². The maximum Gasteiger partial charge on any atom is 0.244 e. The van der Waals surface area contributed by atoms with E-state index in [-0.39, 0.29) is 5.91 Å². The molecule has 7 unspecified atom stereocenters. The summed E-state index contributed by atoms with van der Waals surface area (Å²) in [7, 11) is 1.95. The fraction of sp³-hybridized carbons (Fsp3) is 0.875. The fourth-order valence-electron chi connectivity index (χ4n) is 9.32. The third-order valence-corrected chi connectivity index (χ3v) is 11.3. The van der Waals surface area contributed by atoms with Crippen LogP contribution in [0.25, 0.3) is 0 Å². The maximum atomic E-state index is 12.8. The Hall–Kier alpha value is -1.16. The van der Waals surface area contributed by atoms with Gasteiger partial charge in [0.2, 0.25) is 5.91 Å². The molecule has 1 saturated heterocycles. The highest BCUT2D eigenvalue weighted by molar-refractivity contribution is 5.88. The number of amides is 1. The van der Waals surface area contributed by atoms with E-state index in [1.807, 2.05) is 31.4 Å². The van der Waals surface area contributed by atoms with Crippen molar-refractivity contribution in [3.05, 3.63) is 11.6 Å². The van der Waals surface area contributed by atoms with E-state index in [0.29, 0.717) is 29.3 Å². The molecule has 4 fully saturated rings. The summed E-state index contributed by atoms with van der Waals surface area (Å²) in [6.45, 7) is 13.6. The molecule has 3 saturated carbocycles. The van der Waals surface area contributed by atoms with Gasteiger partial charge < -0.3 is 10.2 Å². The van der Waals surface area contributed by atoms with Gasteiger partial charge in [-0.1, -0.05) is 52.2 Å². The highest BCUT2D eigenvalue weighted by atomic mass is 16.2. The Morgan fingerprint density at radius 1 is 1.06 bits per heavy atom. The van der Waals surface area contributed by atoms with Crippen molar-refractivity contribution in [2.75, 3.05) is 26.7 Å². The van der Waals surface area contributed by atoms with Crippen molar-refractivity contribution in [1.82, 2.24) is 10.2 Å². The number of carbonyl (C=O) groups excluding carboxylic acids is 1. The van der Waals surface area contributed by atoms with Crippen LogP contribution in [0.15, 0.2) is 16.6 Å². The van der Waals surface area contributed by atoms with Gasteiger partial charge in [-0.25, -0.2) is 0 Å². The van der Waals surface area contributed by atoms with Crippen LogP contribution in [0, 0.1) is 34.5 Å². The topological polar surface area (TPSA) is 44.7 Å². The lowest BCUT2D eigenvalue weighted by Crippen LogP contribution is -2.50. The van der Waals surface area contributed by atoms with Crippen molar-refractivity contribution >= 4 is 11.6 Å². The molecular weight excluding hydrogens is 442 g/mol. The second-order valence-electron chi connectivity index (χ2n) is 13.0. The van der Waals surface area contributed by atoms with Gasteiger partial charge in [-0.2, -0.15) is 0 Å². The van der Waals surface area contributed by atoms with E-state index in [4.69, 9.17) is 4.99 Å². The molecule has 36 heavy (non-hydrogen) atoms. The lowest BCUT2D eigenvalue weighted by Gasteiger charge is -2.57. The van der Waals surface area contributed by atoms with E-state index >= 15 is 0 Å². The number of hydrogen-bond donors (Lipinski definition) is 1. The monoisotopic (exact) mass is 497 g/mol. The number of likely N-dealkylation sites (N-methyl/N-ethyl adjacent to an activating group) is 1. The molecule has 1 aliphatic heterocycles. The van der Waals surface area contributed by atoms with E-state index in [0.717, 1.165) is 30.8 Å². The Bertz CT molecular complexity index is 827. The summed E-state index contributed by atoms with van der Waals surface area (Å²) in [5.41, 5.74) is 3.90. The van der Waals surface area contributed by atoms with Crippen molar-refractivity contribution < 1.29 is 4.79 Å². The molecule has 0 radical (unpaired) electrons. The third kappa shape index (κ3) is 5.22. The first-order valence-electron chi connectivity index (χ1n) is 15.5. The Kier molecular flexibility index (Phi) is 9.06. The van der Waals surface area contributed by atoms with E-state index in [2.05, 4.69) is 32.2 Å². The highest BCUT2D eigenvalue weighted by Crippen LogP contribution is 2.66. The number of aliphatic imine (C=N–C) groups is 1. The smallest absolute Gasteiger partial charge is 0.244 e. The number of carbonyl (C=O) groups is 1. The van der Waals surface area contributed by atoms with Gasteiger partial charge in [-0.15, -0.1) is 0 Å². The van der Waals surface area contributed by atoms with Crippen LogP contribution in [-0.2, 0) is 4.79 Å². The molecule has 1 amide bonds. The van der Waals surface area contributed by atoms with Crippen LogP contribution >= 0.6 is 0 Å². The van der Waals surface area contributed by atoms with Gasteiger partial charge in [0, 0.05) is 31.3 Å². The van der Waals surface area contributed by atoms with Crippen LogP contribution in [0.5, 0.6) is 0 Å². The largest absolute Gasteiger partial charge is 0.343 e. The number of nitrogens with zero attached hydrogens (tertiary/aromatic N) is 2. The Morgan fingerprint density at radius 2 is 1.86 bits per heavy atom. The average Bonchev–Trinajstić information content (AvgIpc) is 3.25. The molecule has 0 bridgehead atoms. The first kappa shape index (κ1) is 27.9. The molecule has 0 spiro atoms. The maximum absolute atomic E-state index is 12.8. The van der Waals surface area contributed by atoms with Gasteiger partial charge >= 0.3 is 0 Å². The molecule has 0 aromatic heterocycles. The standard InChI is InChI=1S/C30H49N3O.C2H6/c1-21(32-19-28(34)33(4)20-23-10-6-8-18-31-23)25-13-14-26-24-12-11-22-9-5-7-16-29(22,2)27(24)15-17-30(25,26)3;1-2/h11,23-27,31H,5-10,12-20H2,1-4H3;1-2H3. The lowest BCUT2D eigenvalue weighted by atomic mass is 9.47. The lowest BCUT2D eigenvalue weighted by molar-refractivity contribution is -0.128. The summed E-state index contributed by atoms with van der Waals surface area (Å²) in [6, 6.07) is 0.452. The second-order valence-corrected chi connectivity index (χ2v) is 13.0. The van der Waals surface area contributed by atoms with Gasteiger partial charge in [0.15, 0.2) is 0 Å². The summed E-state index contributed by atoms with van der Waals surface area (Å²) in [5, 5.41) is 3.56. The minimum absolute atomic E-state index is 0.172. The van der Waals surface area contributed by atoms with Crippen molar-refractivity contribution in [2.24, 2.45) is 39.5 Å². The van der Waals surface area contributed by atoms with Crippen LogP contribution in [-0.4, -0.2) is 49.2 Å². The highest BCUT2D eigenvalue weighted by Gasteiger charge is 2.58. The van der Waals surface area contributed by atoms with Gasteiger partial charge in [0.05, 0.1) is 0 Å². The first-order valence-corrected chi connectivity index (χ1v) is 15.5. The van der Waals surface area contributed by atoms with Crippen molar-refractivity contribution in [3.8, 4) is 0 Å². The SMILES string of the molecule is CC.CC(=NCC(=O)N(C)CC1CCCCN1)C1CCC2C3CC=C4CCCCC4(C)C3CCC12C. The quantitative estimate of drug-likeness (QED) is 0.327. The molecule has 1 N–H and O–H groups in total. The zero-order valence-corrected chi connectivity index (χ0v) is 24.4. The van der Waals surface area contributed by atoms with Crippen LogP contribution in [0.3, 0.4) is 0 Å². The second kappa shape index (κ2) is 11.7. The van der Waals surface area contributed by atoms with E-state index < -0.39 is 0 Å². The van der Waals surface area contributed by atoms with Crippen LogP contribution < -0.4 is 5.32 Å². The molecule has 7 atom stereocenters. The van der Waals surface area contributed by atoms with E-state index in [9.17, 15) is 4.79 Å². The van der Waals surface area contributed by atoms with Crippen LogP contribution in [0.2, 0.25) is 0 Å². The number of allylic oxidation sites excluding steroid dienone is 2. The minimum atomic E-state index is 0.172. The van der Waals surface area contributed by atoms with Crippen molar-refractivity contribution in [2.45, 2.75) is 118 Å². The summed E-state index contributed by atoms with van der Waals surface area (Å²) in [4.78, 5) is 19.7. The third-order valence-electron chi connectivity index (χ3n) is 11.3. The van der Waals surface area contributed by atoms with Crippen molar-refractivity contribution in [3.63, 3.8) is 0 Å². The normalized spacial score (nSPS) is 40.1. The first-order chi connectivity index (χ1) is 17.3. The minimum Gasteiger partial charge on any atom is -0.343 e. The molecule has 4 aliphatic carbocycles. The van der Waals surface area contributed by atoms with Gasteiger partial charge in [-0.05, 0) is 106 Å². The predicted molar refractivity (Wildman–Crippen MR) is 152 cm³/mol. The average molecular weight is 498 g/mol. The molecule has 5 rings (SSSR count). The zero-order chi connectivity index (χ0) is 25.9. The van der Waals surface area contributed by atoms with Crippen molar-refractivity contribution in [1.29, 1.82) is 0 Å². The molecule has 4 nitrogen and oxygen atoms in total. The molecule has 4 heteroatoms. The Morgan fingerprint density at radius 3 is 2.61 bits per heavy atom. The molecule has 1 heterocycles. The molecular formula is C32H55N3O. The molecule has 0 aromatic carbocycles. The molecule has 5 aliphatic rings. The zero-order valence-electron chi connectivity index (χ0n) is 24.4. The molecule has 0 aromatic rings. The van der Waals surface area contributed by atoms with E-state index in [1.165, 1.54) is 82.8 Å². The Balaban J connectivity index is 0.00000148. The number of rotatable bonds is 5. The molecule has 204 valence electrons. The van der Waals surface area contributed by atoms with Crippen LogP contribution in [0.4, 0.5) is 0 Å². The Labute approximate surface area is 222 Å². The van der Waals surface area contributed by atoms with Crippen LogP contribution in [0.1, 0.15) is 112 Å². The summed E-state index contributed by atoms with van der Waals surface area (Å²) >= 11 is 0. The number of nitrogens with one attached hydrogen (secondary N) is 1. The van der Waals surface area contributed by atoms with E-state index in [1.54, 1.807) is 0 Å². The van der Waals surface area contributed by atoms with Gasteiger partial charge in [0.25, 0.3) is 0 Å². The summed E-state index contributed by atoms with van der Waals surface area (Å²) < 4.78 is 0. The number of fused-ring (bicyclic) bond motifs is 5. The predicted octanol–water partition coefficient (Wildman–Crippen LogP) is 7.04. The fourth-order valence-corrected chi connectivity index (χ4v) is 9.32.